The molecule has 44 heavy (non-hydrogen) atoms. The topological polar surface area (TPSA) is 130 Å². The highest BCUT2D eigenvalue weighted by atomic mass is 16.7. The van der Waals surface area contributed by atoms with Gasteiger partial charge in [-0.25, -0.2) is 4.79 Å². The van der Waals surface area contributed by atoms with Gasteiger partial charge in [-0.3, -0.25) is 4.79 Å². The normalized spacial score (nSPS) is 35.0. The molecule has 1 saturated carbocycles. The standard InChI is InChI=1S/2C17H30O5/c1-12-10-14(6-5-7-15(19)20-3)22-17(21-4,13(12)2)16(11-18)8-9-16;1-12-10-14(8-7-9-15(19)20-5)22-17(21-6,13(12)2)16(3,4)11-18/h12-14,18H,5-11H2,1-4H3;7,9,12-14,18H,8,10-11H2,1-6H3/b;9-7+/t2*12-,13-,14+,17+/m11/s1. The summed E-state index contributed by atoms with van der Waals surface area (Å²) in [6, 6.07) is 0. The Morgan fingerprint density at radius 3 is 2.00 bits per heavy atom. The summed E-state index contributed by atoms with van der Waals surface area (Å²) in [4.78, 5) is 22.4. The number of hydrogen-bond donors (Lipinski definition) is 2. The SMILES string of the molecule is COC(=O)/C=C/C[C@H]1C[C@@H](C)[C@@H](C)[C@@](OC)(C(C)(C)CO)O1.COC(=O)CCC[C@H]1C[C@@H](C)[C@@H](C)[C@@](OC)(C2(CO)CC2)O1. The van der Waals surface area contributed by atoms with Gasteiger partial charge in [0.1, 0.15) is 0 Å². The molecule has 2 N–H and O–H groups in total. The van der Waals surface area contributed by atoms with Crippen molar-refractivity contribution in [3.8, 4) is 0 Å². The van der Waals surface area contributed by atoms with Gasteiger partial charge in [0.05, 0.1) is 39.6 Å². The van der Waals surface area contributed by atoms with Crippen LogP contribution in [0.15, 0.2) is 12.2 Å². The number of esters is 2. The second kappa shape index (κ2) is 16.3. The van der Waals surface area contributed by atoms with Crippen molar-refractivity contribution in [2.24, 2.45) is 34.5 Å². The Morgan fingerprint density at radius 1 is 0.886 bits per heavy atom. The van der Waals surface area contributed by atoms with E-state index in [2.05, 4.69) is 37.2 Å². The van der Waals surface area contributed by atoms with Crippen LogP contribution in [0.3, 0.4) is 0 Å². The van der Waals surface area contributed by atoms with Gasteiger partial charge in [0.2, 0.25) is 0 Å². The molecular formula is C34H60O10. The zero-order chi connectivity index (χ0) is 33.3. The summed E-state index contributed by atoms with van der Waals surface area (Å²) in [5.41, 5.74) is -0.781. The van der Waals surface area contributed by atoms with Crippen LogP contribution < -0.4 is 0 Å². The van der Waals surface area contributed by atoms with Crippen LogP contribution in [-0.2, 0) is 38.0 Å². The molecule has 2 aliphatic heterocycles. The van der Waals surface area contributed by atoms with E-state index in [9.17, 15) is 19.8 Å². The minimum atomic E-state index is -0.844. The maximum Gasteiger partial charge on any atom is 0.330 e. The van der Waals surface area contributed by atoms with E-state index in [1.807, 2.05) is 13.8 Å². The van der Waals surface area contributed by atoms with Crippen LogP contribution in [0.2, 0.25) is 0 Å². The maximum atomic E-state index is 11.2. The fourth-order valence-electron chi connectivity index (χ4n) is 7.30. The predicted molar refractivity (Wildman–Crippen MR) is 166 cm³/mol. The Balaban J connectivity index is 0.000000307. The molecule has 1 aliphatic carbocycles. The van der Waals surface area contributed by atoms with Crippen LogP contribution >= 0.6 is 0 Å². The highest BCUT2D eigenvalue weighted by Crippen LogP contribution is 2.61. The summed E-state index contributed by atoms with van der Waals surface area (Å²) in [6.07, 6.45) is 9.55. The Morgan fingerprint density at radius 2 is 1.50 bits per heavy atom. The number of carbonyl (C=O) groups is 2. The van der Waals surface area contributed by atoms with Crippen molar-refractivity contribution < 1.29 is 48.2 Å². The first kappa shape index (κ1) is 38.6. The Bertz CT molecular complexity index is 946. The minimum Gasteiger partial charge on any atom is -0.469 e. The lowest BCUT2D eigenvalue weighted by Crippen LogP contribution is -2.61. The van der Waals surface area contributed by atoms with Crippen molar-refractivity contribution in [2.45, 2.75) is 117 Å². The maximum absolute atomic E-state index is 11.2. The molecule has 0 aromatic heterocycles. The monoisotopic (exact) mass is 628 g/mol. The molecule has 256 valence electrons. The van der Waals surface area contributed by atoms with E-state index in [0.29, 0.717) is 24.7 Å². The summed E-state index contributed by atoms with van der Waals surface area (Å²) >= 11 is 0. The average Bonchev–Trinajstić information content (AvgIpc) is 3.82. The lowest BCUT2D eigenvalue weighted by atomic mass is 9.69. The van der Waals surface area contributed by atoms with E-state index in [1.54, 1.807) is 20.3 Å². The fourth-order valence-corrected chi connectivity index (χ4v) is 7.30. The van der Waals surface area contributed by atoms with Gasteiger partial charge in [-0.15, -0.1) is 0 Å². The number of aliphatic hydroxyl groups is 2. The molecule has 10 heteroatoms. The van der Waals surface area contributed by atoms with Crippen LogP contribution in [0.4, 0.5) is 0 Å². The summed E-state index contributed by atoms with van der Waals surface area (Å²) < 4.78 is 33.7. The van der Waals surface area contributed by atoms with Gasteiger partial charge in [-0.2, -0.15) is 0 Å². The molecular weight excluding hydrogens is 568 g/mol. The smallest absolute Gasteiger partial charge is 0.330 e. The molecule has 0 amide bonds. The first-order valence-electron chi connectivity index (χ1n) is 16.2. The van der Waals surface area contributed by atoms with Crippen molar-refractivity contribution in [3.63, 3.8) is 0 Å². The molecule has 10 nitrogen and oxygen atoms in total. The Kier molecular flexibility index (Phi) is 14.3. The molecule has 3 fully saturated rings. The van der Waals surface area contributed by atoms with Crippen molar-refractivity contribution in [1.82, 2.24) is 0 Å². The summed E-state index contributed by atoms with van der Waals surface area (Å²) in [7, 11) is 6.09. The van der Waals surface area contributed by atoms with E-state index in [-0.39, 0.29) is 54.6 Å². The van der Waals surface area contributed by atoms with Gasteiger partial charge in [0, 0.05) is 49.4 Å². The Labute approximate surface area is 265 Å². The third-order valence-corrected chi connectivity index (χ3v) is 10.7. The van der Waals surface area contributed by atoms with E-state index in [0.717, 1.165) is 38.5 Å². The second-order valence-corrected chi connectivity index (χ2v) is 13.8. The lowest BCUT2D eigenvalue weighted by molar-refractivity contribution is -0.355. The molecule has 2 heterocycles. The third-order valence-electron chi connectivity index (χ3n) is 10.7. The van der Waals surface area contributed by atoms with Crippen LogP contribution in [-0.4, -0.2) is 87.6 Å². The summed E-state index contributed by atoms with van der Waals surface area (Å²) in [5.74, 6) is -0.852. The molecule has 0 bridgehead atoms. The molecule has 3 rings (SSSR count). The molecule has 0 aromatic carbocycles. The highest BCUT2D eigenvalue weighted by Gasteiger charge is 2.66. The van der Waals surface area contributed by atoms with Gasteiger partial charge < -0.3 is 38.6 Å². The van der Waals surface area contributed by atoms with E-state index in [1.165, 1.54) is 20.3 Å². The fraction of sp³-hybridized carbons (Fsp3) is 0.882. The van der Waals surface area contributed by atoms with Gasteiger partial charge >= 0.3 is 11.9 Å². The highest BCUT2D eigenvalue weighted by molar-refractivity contribution is 5.81. The molecule has 2 saturated heterocycles. The molecule has 0 unspecified atom stereocenters. The number of rotatable bonds is 13. The largest absolute Gasteiger partial charge is 0.469 e. The van der Waals surface area contributed by atoms with Crippen LogP contribution in [0.25, 0.3) is 0 Å². The number of carbonyl (C=O) groups excluding carboxylic acids is 2. The first-order valence-corrected chi connectivity index (χ1v) is 16.2. The predicted octanol–water partition coefficient (Wildman–Crippen LogP) is 5.03. The van der Waals surface area contributed by atoms with Crippen molar-refractivity contribution in [3.05, 3.63) is 12.2 Å². The number of methoxy groups -OCH3 is 4. The summed E-state index contributed by atoms with van der Waals surface area (Å²) in [5, 5.41) is 19.6. The first-order chi connectivity index (χ1) is 20.7. The van der Waals surface area contributed by atoms with Crippen molar-refractivity contribution in [2.75, 3.05) is 41.7 Å². The van der Waals surface area contributed by atoms with Crippen LogP contribution in [0.1, 0.15) is 92.9 Å². The second-order valence-electron chi connectivity index (χ2n) is 13.8. The van der Waals surface area contributed by atoms with Crippen LogP contribution in [0.5, 0.6) is 0 Å². The van der Waals surface area contributed by atoms with Gasteiger partial charge in [-0.05, 0) is 56.8 Å². The molecule has 0 aromatic rings. The number of ether oxygens (including phenoxy) is 6. The summed E-state index contributed by atoms with van der Waals surface area (Å²) in [6.45, 7) is 12.6. The number of aliphatic hydroxyl groups excluding tert-OH is 2. The molecule has 3 aliphatic rings. The van der Waals surface area contributed by atoms with Gasteiger partial charge in [-0.1, -0.05) is 47.6 Å². The van der Waals surface area contributed by atoms with E-state index >= 15 is 0 Å². The van der Waals surface area contributed by atoms with Gasteiger partial charge in [0.25, 0.3) is 0 Å². The average molecular weight is 629 g/mol. The Hall–Kier alpha value is -1.56. The minimum absolute atomic E-state index is 0.0252. The van der Waals surface area contributed by atoms with Gasteiger partial charge in [0.15, 0.2) is 11.6 Å². The number of hydrogen-bond acceptors (Lipinski definition) is 10. The van der Waals surface area contributed by atoms with E-state index < -0.39 is 17.0 Å². The molecule has 0 spiro atoms. The lowest BCUT2D eigenvalue weighted by Gasteiger charge is -2.54. The zero-order valence-electron chi connectivity index (χ0n) is 28.9. The van der Waals surface area contributed by atoms with Crippen LogP contribution in [0, 0.1) is 34.5 Å². The van der Waals surface area contributed by atoms with Crippen molar-refractivity contribution in [1.29, 1.82) is 0 Å². The zero-order valence-corrected chi connectivity index (χ0v) is 28.9. The molecule has 8 atom stereocenters. The van der Waals surface area contributed by atoms with E-state index in [4.69, 9.17) is 18.9 Å². The molecule has 0 radical (unpaired) electrons. The third kappa shape index (κ3) is 8.23. The van der Waals surface area contributed by atoms with Crippen molar-refractivity contribution >= 4 is 11.9 Å². The quantitative estimate of drug-likeness (QED) is 0.212.